The molecule has 4 heteroatoms. The lowest BCUT2D eigenvalue weighted by atomic mass is 10.1. The highest BCUT2D eigenvalue weighted by Crippen LogP contribution is 2.20. The molecule has 0 saturated carbocycles. The van der Waals surface area contributed by atoms with Crippen LogP contribution in [0.5, 0.6) is 0 Å². The number of H-pyrrole nitrogens is 1. The highest BCUT2D eigenvalue weighted by molar-refractivity contribution is 5.64. The number of aromatic nitrogens is 2. The van der Waals surface area contributed by atoms with Crippen LogP contribution in [0.15, 0.2) is 29.1 Å². The van der Waals surface area contributed by atoms with Gasteiger partial charge in [-0.05, 0) is 31.5 Å². The molecule has 1 aromatic heterocycles. The summed E-state index contributed by atoms with van der Waals surface area (Å²) in [5.74, 6) is 0.608. The van der Waals surface area contributed by atoms with E-state index in [2.05, 4.69) is 9.97 Å². The van der Waals surface area contributed by atoms with Gasteiger partial charge in [-0.15, -0.1) is 0 Å². The average Bonchev–Trinajstić information content (AvgIpc) is 2.20. The number of rotatable bonds is 1. The summed E-state index contributed by atoms with van der Waals surface area (Å²) in [6.07, 6.45) is 0. The zero-order valence-electron chi connectivity index (χ0n) is 9.24. The van der Waals surface area contributed by atoms with Crippen LogP contribution in [0.1, 0.15) is 11.4 Å². The van der Waals surface area contributed by atoms with E-state index in [4.69, 9.17) is 5.73 Å². The third-order valence-corrected chi connectivity index (χ3v) is 2.43. The van der Waals surface area contributed by atoms with Crippen molar-refractivity contribution in [1.29, 1.82) is 0 Å². The van der Waals surface area contributed by atoms with Gasteiger partial charge in [0, 0.05) is 17.3 Å². The van der Waals surface area contributed by atoms with Gasteiger partial charge in [0.15, 0.2) is 0 Å². The summed E-state index contributed by atoms with van der Waals surface area (Å²) in [4.78, 5) is 18.2. The summed E-state index contributed by atoms with van der Waals surface area (Å²) in [5.41, 5.74) is 8.90. The van der Waals surface area contributed by atoms with Crippen LogP contribution in [0.2, 0.25) is 0 Å². The first-order valence-corrected chi connectivity index (χ1v) is 5.01. The van der Waals surface area contributed by atoms with Gasteiger partial charge < -0.3 is 10.7 Å². The van der Waals surface area contributed by atoms with Crippen molar-refractivity contribution in [2.45, 2.75) is 13.8 Å². The zero-order valence-corrected chi connectivity index (χ0v) is 9.24. The van der Waals surface area contributed by atoms with Crippen molar-refractivity contribution in [1.82, 2.24) is 9.97 Å². The molecule has 0 radical (unpaired) electrons. The minimum absolute atomic E-state index is 0.142. The predicted octanol–water partition coefficient (Wildman–Crippen LogP) is 1.64. The molecular weight excluding hydrogens is 202 g/mol. The van der Waals surface area contributed by atoms with Crippen molar-refractivity contribution >= 4 is 5.69 Å². The maximum atomic E-state index is 11.3. The zero-order chi connectivity index (χ0) is 11.7. The minimum Gasteiger partial charge on any atom is -0.399 e. The van der Waals surface area contributed by atoms with Gasteiger partial charge in [0.25, 0.3) is 5.56 Å². The molecule has 0 saturated heterocycles. The van der Waals surface area contributed by atoms with Gasteiger partial charge in [0.2, 0.25) is 0 Å². The van der Waals surface area contributed by atoms with E-state index >= 15 is 0 Å². The summed E-state index contributed by atoms with van der Waals surface area (Å²) < 4.78 is 0. The second-order valence-electron chi connectivity index (χ2n) is 3.79. The summed E-state index contributed by atoms with van der Waals surface area (Å²) in [6, 6.07) is 7.10. The van der Waals surface area contributed by atoms with Gasteiger partial charge >= 0.3 is 0 Å². The summed E-state index contributed by atoms with van der Waals surface area (Å²) >= 11 is 0. The lowest BCUT2D eigenvalue weighted by molar-refractivity contribution is 1.02. The Kier molecular flexibility index (Phi) is 2.48. The first-order chi connectivity index (χ1) is 7.56. The van der Waals surface area contributed by atoms with Crippen LogP contribution < -0.4 is 11.3 Å². The minimum atomic E-state index is -0.142. The monoisotopic (exact) mass is 215 g/mol. The topological polar surface area (TPSA) is 71.8 Å². The van der Waals surface area contributed by atoms with Gasteiger partial charge in [0.05, 0.1) is 5.69 Å². The Balaban J connectivity index is 2.58. The molecular formula is C12H13N3O. The molecule has 16 heavy (non-hydrogen) atoms. The normalized spacial score (nSPS) is 10.4. The molecule has 0 aliphatic carbocycles. The Morgan fingerprint density at radius 2 is 2.00 bits per heavy atom. The standard InChI is InChI=1S/C12H13N3O/c1-7-5-9(3-4-10(7)13)11-6-12(16)15-8(2)14-11/h3-6H,13H2,1-2H3,(H,14,15,16). The highest BCUT2D eigenvalue weighted by atomic mass is 16.1. The number of benzene rings is 1. The maximum absolute atomic E-state index is 11.3. The van der Waals surface area contributed by atoms with E-state index in [1.165, 1.54) is 6.07 Å². The molecule has 0 unspecified atom stereocenters. The second-order valence-corrected chi connectivity index (χ2v) is 3.79. The van der Waals surface area contributed by atoms with E-state index in [1.807, 2.05) is 25.1 Å². The van der Waals surface area contributed by atoms with Crippen LogP contribution in [0.4, 0.5) is 5.69 Å². The molecule has 0 bridgehead atoms. The molecule has 82 valence electrons. The maximum Gasteiger partial charge on any atom is 0.251 e. The van der Waals surface area contributed by atoms with Crippen LogP contribution in [0.3, 0.4) is 0 Å². The number of anilines is 1. The second kappa shape index (κ2) is 3.81. The quantitative estimate of drug-likeness (QED) is 0.710. The van der Waals surface area contributed by atoms with Crippen molar-refractivity contribution in [2.75, 3.05) is 5.73 Å². The van der Waals surface area contributed by atoms with E-state index in [0.717, 1.165) is 16.8 Å². The summed E-state index contributed by atoms with van der Waals surface area (Å²) in [5, 5.41) is 0. The fourth-order valence-electron chi connectivity index (χ4n) is 1.56. The number of nitrogens with zero attached hydrogens (tertiary/aromatic N) is 1. The largest absolute Gasteiger partial charge is 0.399 e. The lowest BCUT2D eigenvalue weighted by Crippen LogP contribution is -2.08. The molecule has 2 rings (SSSR count). The number of hydrogen-bond acceptors (Lipinski definition) is 3. The third kappa shape index (κ3) is 1.95. The Bertz CT molecular complexity index is 587. The van der Waals surface area contributed by atoms with E-state index in [-0.39, 0.29) is 5.56 Å². The molecule has 1 heterocycles. The van der Waals surface area contributed by atoms with Crippen LogP contribution >= 0.6 is 0 Å². The Morgan fingerprint density at radius 3 is 2.62 bits per heavy atom. The van der Waals surface area contributed by atoms with Crippen LogP contribution in [0.25, 0.3) is 11.3 Å². The first-order valence-electron chi connectivity index (χ1n) is 5.01. The summed E-state index contributed by atoms with van der Waals surface area (Å²) in [7, 11) is 0. The molecule has 0 aliphatic rings. The number of nitrogen functional groups attached to an aromatic ring is 1. The van der Waals surface area contributed by atoms with Crippen molar-refractivity contribution in [3.05, 3.63) is 46.0 Å². The van der Waals surface area contributed by atoms with Crippen LogP contribution in [0, 0.1) is 13.8 Å². The Hall–Kier alpha value is -2.10. The van der Waals surface area contributed by atoms with Gasteiger partial charge in [-0.2, -0.15) is 0 Å². The fraction of sp³-hybridized carbons (Fsp3) is 0.167. The molecule has 0 aliphatic heterocycles. The number of aromatic amines is 1. The molecule has 4 nitrogen and oxygen atoms in total. The Morgan fingerprint density at radius 1 is 1.25 bits per heavy atom. The van der Waals surface area contributed by atoms with E-state index in [9.17, 15) is 4.79 Å². The smallest absolute Gasteiger partial charge is 0.251 e. The van der Waals surface area contributed by atoms with E-state index in [0.29, 0.717) is 11.5 Å². The van der Waals surface area contributed by atoms with E-state index < -0.39 is 0 Å². The van der Waals surface area contributed by atoms with Crippen molar-refractivity contribution in [2.24, 2.45) is 0 Å². The Labute approximate surface area is 93.2 Å². The predicted molar refractivity (Wildman–Crippen MR) is 64.2 cm³/mol. The molecule has 0 fully saturated rings. The first kappa shape index (κ1) is 10.4. The van der Waals surface area contributed by atoms with Gasteiger partial charge in [-0.1, -0.05) is 6.07 Å². The fourth-order valence-corrected chi connectivity index (χ4v) is 1.56. The molecule has 0 atom stereocenters. The molecule has 2 aromatic rings. The summed E-state index contributed by atoms with van der Waals surface area (Å²) in [6.45, 7) is 3.69. The number of nitrogens with two attached hydrogens (primary N) is 1. The average molecular weight is 215 g/mol. The SMILES string of the molecule is Cc1nc(-c2ccc(N)c(C)c2)cc(=O)[nH]1. The molecule has 0 spiro atoms. The molecule has 3 N–H and O–H groups in total. The number of hydrogen-bond donors (Lipinski definition) is 2. The van der Waals surface area contributed by atoms with Gasteiger partial charge in [0.1, 0.15) is 5.82 Å². The van der Waals surface area contributed by atoms with Crippen molar-refractivity contribution in [3.8, 4) is 11.3 Å². The van der Waals surface area contributed by atoms with Crippen LogP contribution in [-0.2, 0) is 0 Å². The lowest BCUT2D eigenvalue weighted by Gasteiger charge is -2.04. The highest BCUT2D eigenvalue weighted by Gasteiger charge is 2.03. The van der Waals surface area contributed by atoms with Gasteiger partial charge in [-0.25, -0.2) is 4.98 Å². The van der Waals surface area contributed by atoms with Crippen molar-refractivity contribution < 1.29 is 0 Å². The van der Waals surface area contributed by atoms with Gasteiger partial charge in [-0.3, -0.25) is 4.79 Å². The molecule has 1 aromatic carbocycles. The van der Waals surface area contributed by atoms with Crippen LogP contribution in [-0.4, -0.2) is 9.97 Å². The van der Waals surface area contributed by atoms with E-state index in [1.54, 1.807) is 6.92 Å². The number of nitrogens with one attached hydrogen (secondary N) is 1. The third-order valence-electron chi connectivity index (χ3n) is 2.43. The molecule has 0 amide bonds. The number of aryl methyl sites for hydroxylation is 2. The van der Waals surface area contributed by atoms with Crippen molar-refractivity contribution in [3.63, 3.8) is 0 Å².